The Hall–Kier alpha value is -8.60. The normalized spacial score (nSPS) is 13.0. The average Bonchev–Trinajstić information content (AvgIpc) is 3.84. The molecule has 0 bridgehead atoms. The van der Waals surface area contributed by atoms with Gasteiger partial charge in [-0.3, -0.25) is 0 Å². The number of benzene rings is 10. The van der Waals surface area contributed by atoms with Crippen LogP contribution in [0.2, 0.25) is 0 Å². The Labute approximate surface area is 390 Å². The molecule has 11 aromatic rings. The summed E-state index contributed by atoms with van der Waals surface area (Å²) in [5, 5.41) is 2.26. The van der Waals surface area contributed by atoms with Crippen molar-refractivity contribution in [3.05, 3.63) is 242 Å². The first-order chi connectivity index (χ1) is 33.0. The van der Waals surface area contributed by atoms with Crippen molar-refractivity contribution < 1.29 is 9.47 Å². The van der Waals surface area contributed by atoms with E-state index in [2.05, 4.69) is 224 Å². The molecule has 0 radical (unpaired) electrons. The van der Waals surface area contributed by atoms with Gasteiger partial charge in [0.25, 0.3) is 0 Å². The highest BCUT2D eigenvalue weighted by Gasteiger charge is 2.36. The summed E-state index contributed by atoms with van der Waals surface area (Å²) in [5.41, 5.74) is 18.6. The highest BCUT2D eigenvalue weighted by molar-refractivity contribution is 6.13. The summed E-state index contributed by atoms with van der Waals surface area (Å²) >= 11 is 0. The molecule has 2 heterocycles. The molecule has 4 heteroatoms. The van der Waals surface area contributed by atoms with Crippen molar-refractivity contribution in [1.82, 2.24) is 4.57 Å². The first-order valence-corrected chi connectivity index (χ1v) is 23.0. The topological polar surface area (TPSA) is 26.6 Å². The third-order valence-corrected chi connectivity index (χ3v) is 13.9. The van der Waals surface area contributed by atoms with Gasteiger partial charge < -0.3 is 18.9 Å². The van der Waals surface area contributed by atoms with Crippen molar-refractivity contribution in [3.63, 3.8) is 0 Å². The van der Waals surface area contributed by atoms with Gasteiger partial charge in [0.05, 0.1) is 5.52 Å². The summed E-state index contributed by atoms with van der Waals surface area (Å²) in [5.74, 6) is 2.86. The van der Waals surface area contributed by atoms with Crippen LogP contribution >= 0.6 is 0 Å². The van der Waals surface area contributed by atoms with Gasteiger partial charge in [-0.2, -0.15) is 0 Å². The van der Waals surface area contributed by atoms with Crippen LogP contribution in [-0.2, 0) is 5.41 Å². The number of nitrogens with zero attached hydrogens (tertiary/aromatic N) is 2. The predicted molar refractivity (Wildman–Crippen MR) is 276 cm³/mol. The highest BCUT2D eigenvalue weighted by atomic mass is 16.6. The van der Waals surface area contributed by atoms with Crippen LogP contribution < -0.4 is 14.4 Å². The van der Waals surface area contributed by atoms with Crippen molar-refractivity contribution in [1.29, 1.82) is 0 Å². The second-order valence-corrected chi connectivity index (χ2v) is 18.1. The van der Waals surface area contributed by atoms with Crippen LogP contribution in [0.1, 0.15) is 25.0 Å². The fourth-order valence-corrected chi connectivity index (χ4v) is 10.5. The van der Waals surface area contributed by atoms with Gasteiger partial charge in [-0.25, -0.2) is 0 Å². The lowest BCUT2D eigenvalue weighted by Gasteiger charge is -2.28. The number of rotatable bonds is 7. The Kier molecular flexibility index (Phi) is 8.84. The van der Waals surface area contributed by atoms with Crippen molar-refractivity contribution >= 4 is 38.9 Å². The lowest BCUT2D eigenvalue weighted by Crippen LogP contribution is -2.16. The standard InChI is InChI=1S/C63H44N2O2/c1-63(2)55-39-46(45-27-36-57-54(38-45)53-35-37-60-62(67-59-21-13-12-20-58(59)66-60)61(53)65(57)47-18-10-5-11-19-47)26-33-51(55)52-34-32-50(40-56(52)63)64(48-28-22-43(23-29-48)41-14-6-3-7-15-41)49-30-24-44(25-31-49)42-16-8-4-9-17-42/h3-40H,1-2H3. The molecule has 318 valence electrons. The molecule has 1 aromatic heterocycles. The van der Waals surface area contributed by atoms with E-state index < -0.39 is 0 Å². The first kappa shape index (κ1) is 38.8. The van der Waals surface area contributed by atoms with Gasteiger partial charge in [0.2, 0.25) is 0 Å². The van der Waals surface area contributed by atoms with Gasteiger partial charge in [-0.05, 0) is 147 Å². The second-order valence-electron chi connectivity index (χ2n) is 18.1. The number of para-hydroxylation sites is 3. The Morgan fingerprint density at radius 3 is 1.51 bits per heavy atom. The minimum atomic E-state index is -0.253. The zero-order valence-corrected chi connectivity index (χ0v) is 37.2. The van der Waals surface area contributed by atoms with E-state index in [0.717, 1.165) is 56.1 Å². The Morgan fingerprint density at radius 1 is 0.373 bits per heavy atom. The van der Waals surface area contributed by atoms with E-state index in [0.29, 0.717) is 11.5 Å². The van der Waals surface area contributed by atoms with Crippen LogP contribution in [0.25, 0.3) is 72.0 Å². The summed E-state index contributed by atoms with van der Waals surface area (Å²) in [7, 11) is 0. The van der Waals surface area contributed by atoms with Gasteiger partial charge in [-0.15, -0.1) is 0 Å². The maximum atomic E-state index is 6.67. The molecule has 0 unspecified atom stereocenters. The fourth-order valence-electron chi connectivity index (χ4n) is 10.5. The third-order valence-electron chi connectivity index (χ3n) is 13.9. The minimum absolute atomic E-state index is 0.253. The molecule has 67 heavy (non-hydrogen) atoms. The van der Waals surface area contributed by atoms with E-state index in [1.54, 1.807) is 0 Å². The monoisotopic (exact) mass is 860 g/mol. The van der Waals surface area contributed by atoms with Crippen LogP contribution in [0.15, 0.2) is 231 Å². The van der Waals surface area contributed by atoms with Crippen LogP contribution in [0.5, 0.6) is 23.0 Å². The highest BCUT2D eigenvalue weighted by Crippen LogP contribution is 2.53. The van der Waals surface area contributed by atoms with Crippen LogP contribution in [-0.4, -0.2) is 4.57 Å². The molecule has 0 amide bonds. The van der Waals surface area contributed by atoms with E-state index in [4.69, 9.17) is 9.47 Å². The zero-order valence-electron chi connectivity index (χ0n) is 37.2. The molecule has 2 aliphatic rings. The lowest BCUT2D eigenvalue weighted by molar-refractivity contribution is 0.362. The molecule has 0 spiro atoms. The van der Waals surface area contributed by atoms with E-state index in [9.17, 15) is 0 Å². The SMILES string of the molecule is CC1(C)c2cc(-c3ccc4c(c3)c3ccc5c(c3n4-c3ccccc3)Oc3ccccc3O5)ccc2-c2ccc(N(c3ccc(-c4ccccc4)cc3)c3ccc(-c4ccccc4)cc3)cc21. The van der Waals surface area contributed by atoms with Crippen LogP contribution in [0.4, 0.5) is 17.1 Å². The Bertz CT molecular complexity index is 3600. The predicted octanol–water partition coefficient (Wildman–Crippen LogP) is 17.5. The molecule has 0 atom stereocenters. The molecular formula is C63H44N2O2. The third kappa shape index (κ3) is 6.36. The fraction of sp³-hybridized carbons (Fsp3) is 0.0476. The average molecular weight is 861 g/mol. The number of fused-ring (bicyclic) bond motifs is 9. The Morgan fingerprint density at radius 2 is 0.866 bits per heavy atom. The maximum absolute atomic E-state index is 6.67. The number of aromatic nitrogens is 1. The van der Waals surface area contributed by atoms with Crippen molar-refractivity contribution in [3.8, 4) is 73.2 Å². The smallest absolute Gasteiger partial charge is 0.194 e. The van der Waals surface area contributed by atoms with E-state index >= 15 is 0 Å². The summed E-state index contributed by atoms with van der Waals surface area (Å²) in [6.07, 6.45) is 0. The second kappa shape index (κ2) is 15.3. The first-order valence-electron chi connectivity index (χ1n) is 23.0. The molecule has 0 saturated carbocycles. The van der Waals surface area contributed by atoms with Crippen molar-refractivity contribution in [2.24, 2.45) is 0 Å². The minimum Gasteiger partial charge on any atom is -0.449 e. The zero-order chi connectivity index (χ0) is 44.6. The van der Waals surface area contributed by atoms with E-state index in [1.165, 1.54) is 55.6 Å². The van der Waals surface area contributed by atoms with Gasteiger partial charge >= 0.3 is 0 Å². The molecule has 10 aromatic carbocycles. The Balaban J connectivity index is 0.892. The lowest BCUT2D eigenvalue weighted by atomic mass is 9.81. The number of hydrogen-bond acceptors (Lipinski definition) is 3. The summed E-state index contributed by atoms with van der Waals surface area (Å²) < 4.78 is 15.4. The molecule has 13 rings (SSSR count). The molecule has 1 aliphatic heterocycles. The molecule has 0 N–H and O–H groups in total. The maximum Gasteiger partial charge on any atom is 0.194 e. The largest absolute Gasteiger partial charge is 0.449 e. The quantitative estimate of drug-likeness (QED) is 0.160. The van der Waals surface area contributed by atoms with Gasteiger partial charge in [0, 0.05) is 38.9 Å². The van der Waals surface area contributed by atoms with E-state index in [1.807, 2.05) is 30.3 Å². The number of ether oxygens (including phenoxy) is 2. The molecule has 1 aliphatic carbocycles. The van der Waals surface area contributed by atoms with E-state index in [-0.39, 0.29) is 5.41 Å². The number of anilines is 3. The molecular weight excluding hydrogens is 817 g/mol. The molecule has 4 nitrogen and oxygen atoms in total. The van der Waals surface area contributed by atoms with Gasteiger partial charge in [0.1, 0.15) is 5.52 Å². The van der Waals surface area contributed by atoms with Crippen molar-refractivity contribution in [2.75, 3.05) is 4.90 Å². The van der Waals surface area contributed by atoms with Crippen LogP contribution in [0, 0.1) is 0 Å². The van der Waals surface area contributed by atoms with Crippen molar-refractivity contribution in [2.45, 2.75) is 19.3 Å². The summed E-state index contributed by atoms with van der Waals surface area (Å²) in [6.45, 7) is 4.75. The molecule has 0 fully saturated rings. The van der Waals surface area contributed by atoms with Gasteiger partial charge in [-0.1, -0.05) is 153 Å². The summed E-state index contributed by atoms with van der Waals surface area (Å²) in [6, 6.07) is 82.6. The summed E-state index contributed by atoms with van der Waals surface area (Å²) in [4.78, 5) is 2.39. The van der Waals surface area contributed by atoms with Crippen LogP contribution in [0.3, 0.4) is 0 Å². The van der Waals surface area contributed by atoms with Gasteiger partial charge in [0.15, 0.2) is 23.0 Å². The molecule has 0 saturated heterocycles. The number of hydrogen-bond donors (Lipinski definition) is 0.